The number of aryl methyl sites for hydroxylation is 2. The van der Waals surface area contributed by atoms with Gasteiger partial charge in [0.05, 0.1) is 17.1 Å². The number of hydrogen-bond acceptors (Lipinski definition) is 4. The highest BCUT2D eigenvalue weighted by Gasteiger charge is 2.34. The summed E-state index contributed by atoms with van der Waals surface area (Å²) in [6.07, 6.45) is 0. The second-order valence-corrected chi connectivity index (χ2v) is 8.47. The summed E-state index contributed by atoms with van der Waals surface area (Å²) < 4.78 is 27.6. The Labute approximate surface area is 128 Å². The zero-order valence-electron chi connectivity index (χ0n) is 12.1. The molecule has 0 aliphatic carbocycles. The number of fused-ring (bicyclic) bond motifs is 1. The van der Waals surface area contributed by atoms with Crippen LogP contribution in [0.25, 0.3) is 0 Å². The number of aromatic amines is 1. The van der Waals surface area contributed by atoms with Crippen LogP contribution in [0.4, 0.5) is 5.69 Å². The number of hydrogen-bond donors (Lipinski definition) is 1. The lowest BCUT2D eigenvalue weighted by atomic mass is 10.3. The van der Waals surface area contributed by atoms with Crippen molar-refractivity contribution in [2.24, 2.45) is 0 Å². The second-order valence-electron chi connectivity index (χ2n) is 5.20. The van der Waals surface area contributed by atoms with E-state index < -0.39 is 10.0 Å². The third-order valence-corrected chi connectivity index (χ3v) is 6.69. The fourth-order valence-corrected chi connectivity index (χ4v) is 5.78. The largest absolute Gasteiger partial charge is 0.281 e. The highest BCUT2D eigenvalue weighted by atomic mass is 32.2. The molecule has 1 aromatic heterocycles. The zero-order valence-corrected chi connectivity index (χ0v) is 13.8. The van der Waals surface area contributed by atoms with E-state index in [9.17, 15) is 8.42 Å². The van der Waals surface area contributed by atoms with E-state index in [4.69, 9.17) is 0 Å². The predicted octanol–water partition coefficient (Wildman–Crippen LogP) is 2.72. The molecule has 1 atom stereocenters. The molecule has 1 N–H and O–H groups in total. The third kappa shape index (κ3) is 2.34. The molecule has 1 aliphatic rings. The highest BCUT2D eigenvalue weighted by Crippen LogP contribution is 2.41. The maximum atomic E-state index is 13.1. The molecule has 7 heteroatoms. The Morgan fingerprint density at radius 3 is 2.71 bits per heavy atom. The Hall–Kier alpha value is -1.47. The topological polar surface area (TPSA) is 66.1 Å². The summed E-state index contributed by atoms with van der Waals surface area (Å²) in [4.78, 5) is 1.29. The molecule has 2 aromatic rings. The van der Waals surface area contributed by atoms with Crippen molar-refractivity contribution in [2.75, 3.05) is 10.8 Å². The second kappa shape index (κ2) is 5.06. The van der Waals surface area contributed by atoms with Crippen LogP contribution in [0.5, 0.6) is 0 Å². The fourth-order valence-electron chi connectivity index (χ4n) is 2.61. The van der Waals surface area contributed by atoms with E-state index in [0.29, 0.717) is 17.9 Å². The maximum Gasteiger partial charge on any atom is 0.268 e. The molecule has 112 valence electrons. The SMILES string of the molecule is Cc1n[nH]c(C)c1S(=O)(=O)N1CC(C)Sc2ccccc21. The van der Waals surface area contributed by atoms with Gasteiger partial charge in [-0.05, 0) is 26.0 Å². The van der Waals surface area contributed by atoms with E-state index in [0.717, 1.165) is 10.6 Å². The van der Waals surface area contributed by atoms with Crippen molar-refractivity contribution < 1.29 is 8.42 Å². The summed E-state index contributed by atoms with van der Waals surface area (Å²) in [5, 5.41) is 6.98. The van der Waals surface area contributed by atoms with Gasteiger partial charge in [0.25, 0.3) is 10.0 Å². The van der Waals surface area contributed by atoms with Crippen LogP contribution in [-0.4, -0.2) is 30.4 Å². The Morgan fingerprint density at radius 1 is 1.33 bits per heavy atom. The van der Waals surface area contributed by atoms with Gasteiger partial charge in [0.15, 0.2) is 0 Å². The van der Waals surface area contributed by atoms with E-state index in [2.05, 4.69) is 10.2 Å². The van der Waals surface area contributed by atoms with E-state index in [1.165, 1.54) is 4.31 Å². The van der Waals surface area contributed by atoms with Crippen LogP contribution in [0, 0.1) is 13.8 Å². The minimum Gasteiger partial charge on any atom is -0.281 e. The number of thioether (sulfide) groups is 1. The van der Waals surface area contributed by atoms with Gasteiger partial charge in [-0.25, -0.2) is 8.42 Å². The van der Waals surface area contributed by atoms with Crippen molar-refractivity contribution >= 4 is 27.5 Å². The summed E-state index contributed by atoms with van der Waals surface area (Å²) in [7, 11) is -3.60. The van der Waals surface area contributed by atoms with E-state index >= 15 is 0 Å². The van der Waals surface area contributed by atoms with Crippen molar-refractivity contribution in [3.8, 4) is 0 Å². The average Bonchev–Trinajstić information content (AvgIpc) is 2.77. The number of para-hydroxylation sites is 1. The molecule has 0 saturated carbocycles. The first-order chi connectivity index (χ1) is 9.91. The molecule has 0 amide bonds. The Kier molecular flexibility index (Phi) is 3.49. The van der Waals surface area contributed by atoms with E-state index in [1.807, 2.05) is 31.2 Å². The van der Waals surface area contributed by atoms with Gasteiger partial charge in [-0.2, -0.15) is 5.10 Å². The lowest BCUT2D eigenvalue weighted by molar-refractivity contribution is 0.588. The zero-order chi connectivity index (χ0) is 15.2. The molecule has 2 heterocycles. The lowest BCUT2D eigenvalue weighted by Gasteiger charge is -2.33. The van der Waals surface area contributed by atoms with Gasteiger partial charge < -0.3 is 0 Å². The van der Waals surface area contributed by atoms with Crippen LogP contribution in [0.3, 0.4) is 0 Å². The maximum absolute atomic E-state index is 13.1. The van der Waals surface area contributed by atoms with Gasteiger partial charge >= 0.3 is 0 Å². The molecule has 0 bridgehead atoms. The molecule has 0 saturated heterocycles. The lowest BCUT2D eigenvalue weighted by Crippen LogP contribution is -2.38. The van der Waals surface area contributed by atoms with E-state index in [-0.39, 0.29) is 10.1 Å². The summed E-state index contributed by atoms with van der Waals surface area (Å²) >= 11 is 1.71. The molecule has 0 radical (unpaired) electrons. The van der Waals surface area contributed by atoms with Crippen molar-refractivity contribution in [1.82, 2.24) is 10.2 Å². The molecule has 0 fully saturated rings. The van der Waals surface area contributed by atoms with Gasteiger partial charge in [-0.3, -0.25) is 9.40 Å². The van der Waals surface area contributed by atoms with E-state index in [1.54, 1.807) is 25.6 Å². The third-order valence-electron chi connectivity index (χ3n) is 3.49. The van der Waals surface area contributed by atoms with Crippen molar-refractivity contribution in [3.05, 3.63) is 35.7 Å². The summed E-state index contributed by atoms with van der Waals surface area (Å²) in [5.41, 5.74) is 1.84. The molecular weight excluding hydrogens is 306 g/mol. The van der Waals surface area contributed by atoms with Gasteiger partial charge in [-0.15, -0.1) is 11.8 Å². The molecule has 1 aliphatic heterocycles. The highest BCUT2D eigenvalue weighted by molar-refractivity contribution is 8.00. The average molecular weight is 323 g/mol. The number of anilines is 1. The molecule has 5 nitrogen and oxygen atoms in total. The standard InChI is InChI=1S/C14H17N3O2S2/c1-9-8-17(12-6-4-5-7-13(12)20-9)21(18,19)14-10(2)15-16-11(14)3/h4-7,9H,8H2,1-3H3,(H,15,16). The van der Waals surface area contributed by atoms with Crippen LogP contribution >= 0.6 is 11.8 Å². The summed E-state index contributed by atoms with van der Waals surface area (Å²) in [6, 6.07) is 7.62. The fraction of sp³-hybridized carbons (Fsp3) is 0.357. The van der Waals surface area contributed by atoms with Crippen molar-refractivity contribution in [1.29, 1.82) is 0 Å². The molecule has 3 rings (SSSR count). The predicted molar refractivity (Wildman–Crippen MR) is 84.4 cm³/mol. The first kappa shape index (κ1) is 14.5. The van der Waals surface area contributed by atoms with Gasteiger partial charge in [0.2, 0.25) is 0 Å². The van der Waals surface area contributed by atoms with Crippen molar-refractivity contribution in [3.63, 3.8) is 0 Å². The number of aromatic nitrogens is 2. The first-order valence-electron chi connectivity index (χ1n) is 6.71. The quantitative estimate of drug-likeness (QED) is 0.923. The normalized spacial score (nSPS) is 18.6. The smallest absolute Gasteiger partial charge is 0.268 e. The van der Waals surface area contributed by atoms with Crippen LogP contribution in [-0.2, 0) is 10.0 Å². The van der Waals surface area contributed by atoms with Gasteiger partial charge in [0, 0.05) is 16.7 Å². The number of nitrogens with zero attached hydrogens (tertiary/aromatic N) is 2. The van der Waals surface area contributed by atoms with Gasteiger partial charge in [-0.1, -0.05) is 19.1 Å². The van der Waals surface area contributed by atoms with Crippen LogP contribution in [0.15, 0.2) is 34.1 Å². The minimum atomic E-state index is -3.60. The monoisotopic (exact) mass is 323 g/mol. The molecule has 0 spiro atoms. The number of benzene rings is 1. The summed E-state index contributed by atoms with van der Waals surface area (Å²) in [6.45, 7) is 5.96. The van der Waals surface area contributed by atoms with Crippen LogP contribution in [0.1, 0.15) is 18.3 Å². The van der Waals surface area contributed by atoms with Gasteiger partial charge in [0.1, 0.15) is 4.90 Å². The Morgan fingerprint density at radius 2 is 2.05 bits per heavy atom. The minimum absolute atomic E-state index is 0.210. The summed E-state index contributed by atoms with van der Waals surface area (Å²) in [5.74, 6) is 0. The molecule has 1 aromatic carbocycles. The number of sulfonamides is 1. The van der Waals surface area contributed by atoms with Crippen molar-refractivity contribution in [2.45, 2.75) is 35.8 Å². The Bertz CT molecular complexity index is 764. The molecular formula is C14H17N3O2S2. The van der Waals surface area contributed by atoms with Crippen LogP contribution in [0.2, 0.25) is 0 Å². The number of H-pyrrole nitrogens is 1. The number of nitrogens with one attached hydrogen (secondary N) is 1. The Balaban J connectivity index is 2.16. The number of rotatable bonds is 2. The molecule has 21 heavy (non-hydrogen) atoms. The van der Waals surface area contributed by atoms with Crippen LogP contribution < -0.4 is 4.31 Å². The first-order valence-corrected chi connectivity index (χ1v) is 9.03. The molecule has 1 unspecified atom stereocenters.